The lowest BCUT2D eigenvalue weighted by atomic mass is 10.2. The largest absolute Gasteiger partial charge is 1.00 e. The third-order valence-corrected chi connectivity index (χ3v) is 3.08. The third kappa shape index (κ3) is 2.21. The molecule has 0 aromatic carbocycles. The van der Waals surface area contributed by atoms with Gasteiger partial charge in [0.2, 0.25) is 5.91 Å². The van der Waals surface area contributed by atoms with E-state index in [0.29, 0.717) is 6.42 Å². The van der Waals surface area contributed by atoms with Crippen LogP contribution >= 0.6 is 0 Å². The summed E-state index contributed by atoms with van der Waals surface area (Å²) in [5.74, 6) is -0.145. The Kier molecular flexibility index (Phi) is 4.29. The predicted molar refractivity (Wildman–Crippen MR) is 54.8 cm³/mol. The van der Waals surface area contributed by atoms with Crippen molar-refractivity contribution in [1.82, 2.24) is 14.9 Å². The van der Waals surface area contributed by atoms with Crippen LogP contribution in [0.4, 0.5) is 0 Å². The summed E-state index contributed by atoms with van der Waals surface area (Å²) < 4.78 is 0. The van der Waals surface area contributed by atoms with E-state index in [2.05, 4.69) is 4.90 Å². The molecule has 1 atom stereocenters. The molecule has 0 aromatic rings. The van der Waals surface area contributed by atoms with E-state index in [4.69, 9.17) is 0 Å². The lowest BCUT2D eigenvalue weighted by molar-refractivity contribution is -0.154. The molecule has 0 aliphatic carbocycles. The summed E-state index contributed by atoms with van der Waals surface area (Å²) in [6, 6.07) is -0.206. The van der Waals surface area contributed by atoms with Gasteiger partial charge in [-0.2, -0.15) is 0 Å². The molecule has 2 saturated heterocycles. The van der Waals surface area contributed by atoms with E-state index in [1.54, 1.807) is 19.1 Å². The van der Waals surface area contributed by atoms with Crippen molar-refractivity contribution >= 4 is 11.8 Å². The van der Waals surface area contributed by atoms with E-state index in [1.165, 1.54) is 5.01 Å². The van der Waals surface area contributed by atoms with Gasteiger partial charge in [0.25, 0.3) is 5.91 Å². The van der Waals surface area contributed by atoms with E-state index < -0.39 is 0 Å². The Labute approximate surface area is 102 Å². The van der Waals surface area contributed by atoms with Gasteiger partial charge in [0, 0.05) is 14.1 Å². The molecular weight excluding hydrogens is 230 g/mol. The molecule has 5 nitrogen and oxygen atoms in total. The van der Waals surface area contributed by atoms with Crippen molar-refractivity contribution < 1.29 is 22.0 Å². The highest BCUT2D eigenvalue weighted by molar-refractivity contribution is 6.04. The minimum Gasteiger partial charge on any atom is -1.00 e. The summed E-state index contributed by atoms with van der Waals surface area (Å²) in [6.45, 7) is 1.90. The van der Waals surface area contributed by atoms with Crippen LogP contribution in [0.15, 0.2) is 0 Å². The van der Waals surface area contributed by atoms with E-state index in [-0.39, 0.29) is 30.3 Å². The standard InChI is InChI=1S/C10H17N3O2.ClH/c1-11(2)13-9(14)7-8(10(13)15)12-5-3-4-6-12;/h8H,3-7H2,1-2H3;1H/p-1. The Morgan fingerprint density at radius 3 is 2.19 bits per heavy atom. The molecule has 2 aliphatic heterocycles. The monoisotopic (exact) mass is 246 g/mol. The molecule has 16 heavy (non-hydrogen) atoms. The van der Waals surface area contributed by atoms with Crippen LogP contribution in [0.3, 0.4) is 0 Å². The third-order valence-electron chi connectivity index (χ3n) is 3.08. The van der Waals surface area contributed by atoms with E-state index in [0.717, 1.165) is 25.9 Å². The fourth-order valence-electron chi connectivity index (χ4n) is 2.36. The Bertz CT molecular complexity index is 290. The van der Waals surface area contributed by atoms with Crippen LogP contribution in [0.1, 0.15) is 19.3 Å². The zero-order chi connectivity index (χ0) is 11.0. The molecule has 2 rings (SSSR count). The van der Waals surface area contributed by atoms with Crippen molar-refractivity contribution in [3.05, 3.63) is 0 Å². The highest BCUT2D eigenvalue weighted by Crippen LogP contribution is 2.22. The first kappa shape index (κ1) is 13.4. The topological polar surface area (TPSA) is 43.9 Å². The van der Waals surface area contributed by atoms with Gasteiger partial charge >= 0.3 is 0 Å². The van der Waals surface area contributed by atoms with Gasteiger partial charge in [-0.25, -0.2) is 10.0 Å². The van der Waals surface area contributed by atoms with Crippen LogP contribution in [0.5, 0.6) is 0 Å². The zero-order valence-electron chi connectivity index (χ0n) is 9.65. The van der Waals surface area contributed by atoms with Gasteiger partial charge in [-0.05, 0) is 25.9 Å². The van der Waals surface area contributed by atoms with Gasteiger partial charge in [0.05, 0.1) is 6.42 Å². The number of amides is 2. The molecule has 2 fully saturated rings. The van der Waals surface area contributed by atoms with Crippen molar-refractivity contribution in [3.8, 4) is 0 Å². The number of carbonyl (C=O) groups excluding carboxylic acids is 2. The van der Waals surface area contributed by atoms with Gasteiger partial charge in [-0.1, -0.05) is 0 Å². The van der Waals surface area contributed by atoms with Crippen molar-refractivity contribution in [2.24, 2.45) is 0 Å². The number of nitrogens with zero attached hydrogens (tertiary/aromatic N) is 3. The Morgan fingerprint density at radius 1 is 1.19 bits per heavy atom. The van der Waals surface area contributed by atoms with Crippen molar-refractivity contribution in [2.45, 2.75) is 25.3 Å². The van der Waals surface area contributed by atoms with Gasteiger partial charge < -0.3 is 12.4 Å². The van der Waals surface area contributed by atoms with E-state index >= 15 is 0 Å². The van der Waals surface area contributed by atoms with Crippen LogP contribution in [0.25, 0.3) is 0 Å². The Hall–Kier alpha value is -0.650. The van der Waals surface area contributed by atoms with Crippen LogP contribution in [-0.4, -0.2) is 60.0 Å². The first-order chi connectivity index (χ1) is 7.11. The second-order valence-corrected chi connectivity index (χ2v) is 4.35. The number of rotatable bonds is 2. The fourth-order valence-corrected chi connectivity index (χ4v) is 2.36. The van der Waals surface area contributed by atoms with Crippen LogP contribution < -0.4 is 12.4 Å². The Morgan fingerprint density at radius 2 is 1.75 bits per heavy atom. The molecule has 6 heteroatoms. The molecule has 0 radical (unpaired) electrons. The van der Waals surface area contributed by atoms with Gasteiger partial charge in [0.15, 0.2) is 0 Å². The number of halogens is 1. The maximum absolute atomic E-state index is 12.0. The molecule has 0 aromatic heterocycles. The molecule has 0 saturated carbocycles. The molecule has 2 heterocycles. The number of hydrogen-bond donors (Lipinski definition) is 0. The Balaban J connectivity index is 0.00000128. The second-order valence-electron chi connectivity index (χ2n) is 4.35. The molecule has 1 unspecified atom stereocenters. The highest BCUT2D eigenvalue weighted by Gasteiger charge is 2.43. The number of imide groups is 1. The first-order valence-corrected chi connectivity index (χ1v) is 5.39. The summed E-state index contributed by atoms with van der Waals surface area (Å²) in [7, 11) is 3.45. The van der Waals surface area contributed by atoms with Crippen LogP contribution in [0.2, 0.25) is 0 Å². The number of carbonyl (C=O) groups is 2. The lowest BCUT2D eigenvalue weighted by Crippen LogP contribution is -3.00. The van der Waals surface area contributed by atoms with Gasteiger partial charge in [-0.15, -0.1) is 0 Å². The normalized spacial score (nSPS) is 26.7. The summed E-state index contributed by atoms with van der Waals surface area (Å²) in [4.78, 5) is 25.7. The molecule has 2 amide bonds. The number of hydrogen-bond acceptors (Lipinski definition) is 4. The summed E-state index contributed by atoms with van der Waals surface area (Å²) in [5, 5.41) is 2.82. The van der Waals surface area contributed by atoms with Crippen LogP contribution in [-0.2, 0) is 9.59 Å². The highest BCUT2D eigenvalue weighted by atomic mass is 35.5. The molecule has 0 spiro atoms. The fraction of sp³-hybridized carbons (Fsp3) is 0.800. The van der Waals surface area contributed by atoms with Crippen molar-refractivity contribution in [3.63, 3.8) is 0 Å². The maximum atomic E-state index is 12.0. The van der Waals surface area contributed by atoms with Crippen molar-refractivity contribution in [2.75, 3.05) is 27.2 Å². The van der Waals surface area contributed by atoms with Crippen molar-refractivity contribution in [1.29, 1.82) is 0 Å². The number of hydrazine groups is 1. The van der Waals surface area contributed by atoms with E-state index in [1.807, 2.05) is 0 Å². The van der Waals surface area contributed by atoms with Gasteiger partial charge in [0.1, 0.15) is 6.04 Å². The van der Waals surface area contributed by atoms with E-state index in [9.17, 15) is 9.59 Å². The molecule has 92 valence electrons. The summed E-state index contributed by atoms with van der Waals surface area (Å²) >= 11 is 0. The second kappa shape index (κ2) is 5.12. The SMILES string of the molecule is CN(C)N1C(=O)CC(N2CCCC2)C1=O.[Cl-]. The average molecular weight is 247 g/mol. The minimum atomic E-state index is -0.206. The zero-order valence-corrected chi connectivity index (χ0v) is 10.4. The molecule has 2 aliphatic rings. The minimum absolute atomic E-state index is 0. The number of likely N-dealkylation sites (tertiary alicyclic amines) is 1. The average Bonchev–Trinajstić information content (AvgIpc) is 2.72. The quantitative estimate of drug-likeness (QED) is 0.479. The smallest absolute Gasteiger partial charge is 0.261 e. The lowest BCUT2D eigenvalue weighted by Gasteiger charge is -2.24. The molecule has 0 N–H and O–H groups in total. The maximum Gasteiger partial charge on any atom is 0.261 e. The summed E-state index contributed by atoms with van der Waals surface area (Å²) in [5.41, 5.74) is 0. The molecular formula is C10H17ClN3O2-. The van der Waals surface area contributed by atoms with Gasteiger partial charge in [-0.3, -0.25) is 14.5 Å². The van der Waals surface area contributed by atoms with Crippen LogP contribution in [0, 0.1) is 0 Å². The summed E-state index contributed by atoms with van der Waals surface area (Å²) in [6.07, 6.45) is 2.62. The molecule has 0 bridgehead atoms. The first-order valence-electron chi connectivity index (χ1n) is 5.39. The predicted octanol–water partition coefficient (Wildman–Crippen LogP) is -3.31.